The van der Waals surface area contributed by atoms with Crippen molar-refractivity contribution in [2.45, 2.75) is 20.0 Å². The number of hydrogen-bond acceptors (Lipinski definition) is 5. The van der Waals surface area contributed by atoms with Crippen molar-refractivity contribution in [1.29, 1.82) is 0 Å². The summed E-state index contributed by atoms with van der Waals surface area (Å²) in [6.45, 7) is 8.97. The standard InChI is InChI=1S/C18H32N2O3/c1-2-19(10-11-20(12-14-21)13-15-22)9-6-16-23-17-18-7-4-3-5-8-18/h3-5,7-8,21-22H,2,6,9-17H2,1H3. The van der Waals surface area contributed by atoms with Crippen LogP contribution < -0.4 is 0 Å². The first-order chi connectivity index (χ1) is 11.3. The Hall–Kier alpha value is -0.980. The highest BCUT2D eigenvalue weighted by molar-refractivity contribution is 5.13. The first kappa shape index (κ1) is 20.1. The van der Waals surface area contributed by atoms with Crippen LogP contribution in [0.1, 0.15) is 18.9 Å². The van der Waals surface area contributed by atoms with Crippen LogP contribution in [0, 0.1) is 0 Å². The number of hydrogen-bond donors (Lipinski definition) is 2. The van der Waals surface area contributed by atoms with E-state index in [1.54, 1.807) is 0 Å². The molecule has 132 valence electrons. The average Bonchev–Trinajstić information content (AvgIpc) is 2.58. The topological polar surface area (TPSA) is 56.2 Å². The first-order valence-corrected chi connectivity index (χ1v) is 8.58. The van der Waals surface area contributed by atoms with Crippen LogP contribution >= 0.6 is 0 Å². The highest BCUT2D eigenvalue weighted by Crippen LogP contribution is 2.01. The third-order valence-corrected chi connectivity index (χ3v) is 3.89. The van der Waals surface area contributed by atoms with Gasteiger partial charge in [0.1, 0.15) is 0 Å². The molecule has 23 heavy (non-hydrogen) atoms. The third kappa shape index (κ3) is 9.69. The van der Waals surface area contributed by atoms with E-state index in [-0.39, 0.29) is 13.2 Å². The molecule has 0 saturated heterocycles. The van der Waals surface area contributed by atoms with Crippen LogP contribution in [0.5, 0.6) is 0 Å². The van der Waals surface area contributed by atoms with Crippen LogP contribution in [0.25, 0.3) is 0 Å². The largest absolute Gasteiger partial charge is 0.395 e. The SMILES string of the molecule is CCN(CCCOCc1ccccc1)CCN(CCO)CCO. The quantitative estimate of drug-likeness (QED) is 0.504. The molecule has 0 heterocycles. The van der Waals surface area contributed by atoms with E-state index in [1.165, 1.54) is 5.56 Å². The van der Waals surface area contributed by atoms with Gasteiger partial charge >= 0.3 is 0 Å². The second-order valence-electron chi connectivity index (χ2n) is 5.61. The fraction of sp³-hybridized carbons (Fsp3) is 0.667. The molecule has 0 aliphatic heterocycles. The molecule has 5 nitrogen and oxygen atoms in total. The molecule has 0 aromatic heterocycles. The average molecular weight is 324 g/mol. The molecule has 1 aromatic carbocycles. The van der Waals surface area contributed by atoms with Crippen LogP contribution in [0.4, 0.5) is 0 Å². The minimum Gasteiger partial charge on any atom is -0.395 e. The van der Waals surface area contributed by atoms with Crippen molar-refractivity contribution in [3.8, 4) is 0 Å². The summed E-state index contributed by atoms with van der Waals surface area (Å²) < 4.78 is 5.71. The van der Waals surface area contributed by atoms with Crippen LogP contribution in [0.15, 0.2) is 30.3 Å². The van der Waals surface area contributed by atoms with Gasteiger partial charge in [0.25, 0.3) is 0 Å². The van der Waals surface area contributed by atoms with Crippen molar-refractivity contribution >= 4 is 0 Å². The lowest BCUT2D eigenvalue weighted by molar-refractivity contribution is 0.104. The number of likely N-dealkylation sites (N-methyl/N-ethyl adjacent to an activating group) is 1. The fourth-order valence-corrected chi connectivity index (χ4v) is 2.48. The van der Waals surface area contributed by atoms with E-state index in [1.807, 2.05) is 18.2 Å². The van der Waals surface area contributed by atoms with E-state index < -0.39 is 0 Å². The molecule has 0 atom stereocenters. The number of ether oxygens (including phenoxy) is 1. The molecule has 0 amide bonds. The Balaban J connectivity index is 2.13. The molecule has 0 bridgehead atoms. The van der Waals surface area contributed by atoms with Gasteiger partial charge in [-0.05, 0) is 18.5 Å². The molecule has 0 aliphatic carbocycles. The van der Waals surface area contributed by atoms with Crippen molar-refractivity contribution in [3.05, 3.63) is 35.9 Å². The van der Waals surface area contributed by atoms with Crippen LogP contribution in [-0.4, -0.2) is 79.1 Å². The van der Waals surface area contributed by atoms with Gasteiger partial charge in [0.2, 0.25) is 0 Å². The van der Waals surface area contributed by atoms with Crippen LogP contribution in [-0.2, 0) is 11.3 Å². The van der Waals surface area contributed by atoms with Gasteiger partial charge in [-0.25, -0.2) is 0 Å². The molecule has 0 unspecified atom stereocenters. The molecule has 0 radical (unpaired) electrons. The Morgan fingerprint density at radius 2 is 1.52 bits per heavy atom. The zero-order valence-corrected chi connectivity index (χ0v) is 14.4. The maximum Gasteiger partial charge on any atom is 0.0716 e. The van der Waals surface area contributed by atoms with Gasteiger partial charge in [-0.2, -0.15) is 0 Å². The summed E-state index contributed by atoms with van der Waals surface area (Å²) in [6, 6.07) is 10.2. The van der Waals surface area contributed by atoms with E-state index >= 15 is 0 Å². The summed E-state index contributed by atoms with van der Waals surface area (Å²) in [6.07, 6.45) is 1.01. The number of rotatable bonds is 14. The van der Waals surface area contributed by atoms with Gasteiger partial charge < -0.3 is 19.8 Å². The Labute approximate surface area is 140 Å². The minimum atomic E-state index is 0.138. The highest BCUT2D eigenvalue weighted by atomic mass is 16.5. The molecule has 1 rings (SSSR count). The van der Waals surface area contributed by atoms with Crippen molar-refractivity contribution in [2.75, 3.05) is 59.1 Å². The van der Waals surface area contributed by atoms with Crippen molar-refractivity contribution < 1.29 is 14.9 Å². The Morgan fingerprint density at radius 1 is 0.870 bits per heavy atom. The summed E-state index contributed by atoms with van der Waals surface area (Å²) in [5.74, 6) is 0. The Bertz CT molecular complexity index is 370. The number of aliphatic hydroxyl groups excluding tert-OH is 2. The second-order valence-corrected chi connectivity index (χ2v) is 5.61. The minimum absolute atomic E-state index is 0.138. The summed E-state index contributed by atoms with van der Waals surface area (Å²) in [7, 11) is 0. The molecule has 2 N–H and O–H groups in total. The summed E-state index contributed by atoms with van der Waals surface area (Å²) in [5, 5.41) is 18.1. The van der Waals surface area contributed by atoms with E-state index in [2.05, 4.69) is 28.9 Å². The lowest BCUT2D eigenvalue weighted by Gasteiger charge is -2.26. The zero-order chi connectivity index (χ0) is 16.8. The molecule has 0 saturated carbocycles. The monoisotopic (exact) mass is 324 g/mol. The van der Waals surface area contributed by atoms with Gasteiger partial charge in [0.15, 0.2) is 0 Å². The first-order valence-electron chi connectivity index (χ1n) is 8.58. The fourth-order valence-electron chi connectivity index (χ4n) is 2.48. The van der Waals surface area contributed by atoms with Crippen LogP contribution in [0.3, 0.4) is 0 Å². The molecule has 1 aromatic rings. The van der Waals surface area contributed by atoms with Gasteiger partial charge in [0, 0.05) is 39.3 Å². The highest BCUT2D eigenvalue weighted by Gasteiger charge is 2.07. The predicted octanol–water partition coefficient (Wildman–Crippen LogP) is 1.20. The molecule has 0 fully saturated rings. The predicted molar refractivity (Wildman–Crippen MR) is 93.4 cm³/mol. The van der Waals surface area contributed by atoms with Crippen LogP contribution in [0.2, 0.25) is 0 Å². The van der Waals surface area contributed by atoms with Crippen molar-refractivity contribution in [2.24, 2.45) is 0 Å². The van der Waals surface area contributed by atoms with Gasteiger partial charge in [0.05, 0.1) is 19.8 Å². The lowest BCUT2D eigenvalue weighted by Crippen LogP contribution is -2.38. The zero-order valence-electron chi connectivity index (χ0n) is 14.4. The van der Waals surface area contributed by atoms with E-state index in [0.29, 0.717) is 19.7 Å². The second kappa shape index (κ2) is 13.5. The number of aliphatic hydroxyl groups is 2. The van der Waals surface area contributed by atoms with Crippen molar-refractivity contribution in [3.63, 3.8) is 0 Å². The van der Waals surface area contributed by atoms with E-state index in [9.17, 15) is 0 Å². The number of benzene rings is 1. The smallest absolute Gasteiger partial charge is 0.0716 e. The van der Waals surface area contributed by atoms with Crippen molar-refractivity contribution in [1.82, 2.24) is 9.80 Å². The third-order valence-electron chi connectivity index (χ3n) is 3.89. The maximum absolute atomic E-state index is 9.03. The van der Waals surface area contributed by atoms with Gasteiger partial charge in [-0.1, -0.05) is 37.3 Å². The Morgan fingerprint density at radius 3 is 2.13 bits per heavy atom. The normalized spacial score (nSPS) is 11.5. The lowest BCUT2D eigenvalue weighted by atomic mass is 10.2. The summed E-state index contributed by atoms with van der Waals surface area (Å²) in [4.78, 5) is 4.47. The van der Waals surface area contributed by atoms with Gasteiger partial charge in [-0.15, -0.1) is 0 Å². The maximum atomic E-state index is 9.03. The molecular weight excluding hydrogens is 292 g/mol. The molecule has 0 aliphatic rings. The summed E-state index contributed by atoms with van der Waals surface area (Å²) in [5.41, 5.74) is 1.21. The molecular formula is C18H32N2O3. The Kier molecular flexibility index (Phi) is 11.7. The molecule has 0 spiro atoms. The number of nitrogens with zero attached hydrogens (tertiary/aromatic N) is 2. The van der Waals surface area contributed by atoms with E-state index in [4.69, 9.17) is 14.9 Å². The summed E-state index contributed by atoms with van der Waals surface area (Å²) >= 11 is 0. The molecule has 5 heteroatoms. The van der Waals surface area contributed by atoms with E-state index in [0.717, 1.165) is 39.2 Å². The van der Waals surface area contributed by atoms with Gasteiger partial charge in [-0.3, -0.25) is 4.90 Å².